The highest BCUT2D eigenvalue weighted by Gasteiger charge is 2.32. The van der Waals surface area contributed by atoms with E-state index in [1.807, 2.05) is 0 Å². The molecule has 0 saturated carbocycles. The molecule has 0 atom stereocenters. The van der Waals surface area contributed by atoms with Crippen molar-refractivity contribution in [1.29, 1.82) is 0 Å². The first-order chi connectivity index (χ1) is 11.8. The highest BCUT2D eigenvalue weighted by atomic mass is 16.5. The summed E-state index contributed by atoms with van der Waals surface area (Å²) in [6, 6.07) is 5.55. The molecule has 2 aromatic rings. The van der Waals surface area contributed by atoms with E-state index in [2.05, 4.69) is 5.32 Å². The van der Waals surface area contributed by atoms with Crippen LogP contribution in [0.15, 0.2) is 30.0 Å². The highest BCUT2D eigenvalue weighted by Crippen LogP contribution is 2.47. The van der Waals surface area contributed by atoms with Crippen molar-refractivity contribution in [2.75, 3.05) is 5.32 Å². The van der Waals surface area contributed by atoms with Gasteiger partial charge in [-0.15, -0.1) is 0 Å². The quantitative estimate of drug-likeness (QED) is 0.330. The number of fused-ring (bicyclic) bond motifs is 1. The van der Waals surface area contributed by atoms with Crippen LogP contribution >= 0.6 is 0 Å². The zero-order valence-electron chi connectivity index (χ0n) is 13.6. The van der Waals surface area contributed by atoms with E-state index in [1.165, 1.54) is 30.3 Å². The predicted octanol–water partition coefficient (Wildman–Crippen LogP) is 2.95. The lowest BCUT2D eigenvalue weighted by Gasteiger charge is -2.13. The molecule has 0 amide bonds. The van der Waals surface area contributed by atoms with Gasteiger partial charge in [-0.05, 0) is 37.6 Å². The van der Waals surface area contributed by atoms with Crippen molar-refractivity contribution in [3.63, 3.8) is 0 Å². The highest BCUT2D eigenvalue weighted by molar-refractivity contribution is 6.22. The van der Waals surface area contributed by atoms with Gasteiger partial charge in [0.15, 0.2) is 23.0 Å². The Bertz CT molecular complexity index is 901. The number of allylic oxidation sites excluding steroid dienone is 1. The number of phenolic OH excluding ortho intramolecular Hbond substituents is 4. The molecular weight excluding hydrogens is 326 g/mol. The number of benzene rings is 2. The molecule has 1 aliphatic heterocycles. The van der Waals surface area contributed by atoms with E-state index in [1.54, 1.807) is 13.8 Å². The number of Topliss-reactive ketones (excluding diaryl/α,β-unsaturated/α-hetero) is 1. The van der Waals surface area contributed by atoms with E-state index >= 15 is 0 Å². The Hall–Kier alpha value is -3.35. The summed E-state index contributed by atoms with van der Waals surface area (Å²) in [4.78, 5) is 12.5. The van der Waals surface area contributed by atoms with E-state index in [4.69, 9.17) is 4.74 Å². The maximum absolute atomic E-state index is 12.5. The minimum Gasteiger partial charge on any atom is -0.504 e. The summed E-state index contributed by atoms with van der Waals surface area (Å²) in [7, 11) is 0. The standard InChI is InChI=1S/C18H17NO6/c1-8(2)25-14-7-10-15(18(24)17(14)23)16(22)11(19-10)5-9-3-4-12(20)13(21)6-9/h3-8,19-21,23-24H,1-2H3. The van der Waals surface area contributed by atoms with Gasteiger partial charge in [-0.3, -0.25) is 4.79 Å². The molecule has 0 radical (unpaired) electrons. The van der Waals surface area contributed by atoms with Gasteiger partial charge < -0.3 is 30.5 Å². The molecule has 0 spiro atoms. The van der Waals surface area contributed by atoms with E-state index in [0.717, 1.165) is 0 Å². The lowest BCUT2D eigenvalue weighted by molar-refractivity contribution is 0.103. The number of anilines is 1. The van der Waals surface area contributed by atoms with E-state index in [0.29, 0.717) is 11.3 Å². The van der Waals surface area contributed by atoms with Crippen LogP contribution in [0.5, 0.6) is 28.7 Å². The van der Waals surface area contributed by atoms with E-state index < -0.39 is 17.3 Å². The Morgan fingerprint density at radius 3 is 2.40 bits per heavy atom. The number of nitrogens with one attached hydrogen (secondary N) is 1. The molecule has 0 saturated heterocycles. The summed E-state index contributed by atoms with van der Waals surface area (Å²) in [6.07, 6.45) is 1.23. The lowest BCUT2D eigenvalue weighted by atomic mass is 10.1. The third-order valence-electron chi connectivity index (χ3n) is 3.65. The fourth-order valence-corrected chi connectivity index (χ4v) is 2.54. The SMILES string of the molecule is CC(C)Oc1cc2c(c(O)c1O)C(=O)C(=Cc1ccc(O)c(O)c1)N2. The fraction of sp³-hybridized carbons (Fsp3) is 0.167. The van der Waals surface area contributed by atoms with Crippen LogP contribution in [0.1, 0.15) is 29.8 Å². The van der Waals surface area contributed by atoms with Crippen LogP contribution in [0.2, 0.25) is 0 Å². The normalized spacial score (nSPS) is 14.7. The van der Waals surface area contributed by atoms with E-state index in [9.17, 15) is 25.2 Å². The molecule has 7 heteroatoms. The van der Waals surface area contributed by atoms with Crippen LogP contribution in [0, 0.1) is 0 Å². The first-order valence-electron chi connectivity index (χ1n) is 7.59. The van der Waals surface area contributed by atoms with Crippen molar-refractivity contribution >= 4 is 17.5 Å². The first kappa shape index (κ1) is 16.5. The average Bonchev–Trinajstić information content (AvgIpc) is 2.84. The maximum Gasteiger partial charge on any atom is 0.215 e. The topological polar surface area (TPSA) is 119 Å². The Morgan fingerprint density at radius 2 is 1.76 bits per heavy atom. The Balaban J connectivity index is 2.02. The van der Waals surface area contributed by atoms with Gasteiger partial charge in [0.05, 0.1) is 23.1 Å². The first-order valence-corrected chi connectivity index (χ1v) is 7.59. The molecule has 0 fully saturated rings. The van der Waals surface area contributed by atoms with Gasteiger partial charge in [-0.1, -0.05) is 6.07 Å². The van der Waals surface area contributed by atoms with Crippen molar-refractivity contribution < 1.29 is 30.0 Å². The zero-order chi connectivity index (χ0) is 18.3. The van der Waals surface area contributed by atoms with Crippen molar-refractivity contribution in [3.8, 4) is 28.7 Å². The molecular formula is C18H17NO6. The third-order valence-corrected chi connectivity index (χ3v) is 3.65. The number of hydrogen-bond acceptors (Lipinski definition) is 7. The maximum atomic E-state index is 12.5. The Kier molecular flexibility index (Phi) is 3.92. The number of carbonyl (C=O) groups excluding carboxylic acids is 1. The van der Waals surface area contributed by atoms with Crippen LogP contribution in [-0.4, -0.2) is 32.3 Å². The summed E-state index contributed by atoms with van der Waals surface area (Å²) in [5.74, 6) is -2.07. The minimum absolute atomic E-state index is 0.0529. The van der Waals surface area contributed by atoms with Crippen molar-refractivity contribution in [3.05, 3.63) is 41.1 Å². The summed E-state index contributed by atoms with van der Waals surface area (Å²) >= 11 is 0. The largest absolute Gasteiger partial charge is 0.504 e. The van der Waals surface area contributed by atoms with E-state index in [-0.39, 0.29) is 34.6 Å². The van der Waals surface area contributed by atoms with Crippen LogP contribution in [0.25, 0.3) is 6.08 Å². The second-order valence-corrected chi connectivity index (χ2v) is 5.92. The molecule has 2 aromatic carbocycles. The molecule has 0 bridgehead atoms. The molecule has 25 heavy (non-hydrogen) atoms. The molecule has 0 unspecified atom stereocenters. The summed E-state index contributed by atoms with van der Waals surface area (Å²) in [5, 5.41) is 41.9. The Morgan fingerprint density at radius 1 is 1.04 bits per heavy atom. The van der Waals surface area contributed by atoms with Gasteiger partial charge in [-0.25, -0.2) is 0 Å². The number of hydrogen-bond donors (Lipinski definition) is 5. The second kappa shape index (κ2) is 5.94. The van der Waals surface area contributed by atoms with Gasteiger partial charge in [0, 0.05) is 6.07 Å². The monoisotopic (exact) mass is 343 g/mol. The fourth-order valence-electron chi connectivity index (χ4n) is 2.54. The third kappa shape index (κ3) is 2.91. The van der Waals surface area contributed by atoms with Crippen LogP contribution < -0.4 is 10.1 Å². The zero-order valence-corrected chi connectivity index (χ0v) is 13.6. The predicted molar refractivity (Wildman–Crippen MR) is 91.2 cm³/mol. The Labute approximate surface area is 143 Å². The molecule has 0 aromatic heterocycles. The van der Waals surface area contributed by atoms with Gasteiger partial charge in [0.1, 0.15) is 0 Å². The molecule has 3 rings (SSSR count). The van der Waals surface area contributed by atoms with Gasteiger partial charge in [-0.2, -0.15) is 0 Å². The molecule has 0 aliphatic carbocycles. The summed E-state index contributed by atoms with van der Waals surface area (Å²) in [6.45, 7) is 3.54. The number of phenols is 4. The number of ether oxygens (including phenoxy) is 1. The molecule has 1 heterocycles. The smallest absolute Gasteiger partial charge is 0.215 e. The van der Waals surface area contributed by atoms with Crippen molar-refractivity contribution in [2.45, 2.75) is 20.0 Å². The van der Waals surface area contributed by atoms with Crippen LogP contribution in [0.4, 0.5) is 5.69 Å². The van der Waals surface area contributed by atoms with Crippen LogP contribution in [0.3, 0.4) is 0 Å². The van der Waals surface area contributed by atoms with Gasteiger partial charge in [0.2, 0.25) is 11.5 Å². The van der Waals surface area contributed by atoms with Crippen LogP contribution in [-0.2, 0) is 0 Å². The van der Waals surface area contributed by atoms with Gasteiger partial charge in [0.25, 0.3) is 0 Å². The molecule has 1 aliphatic rings. The minimum atomic E-state index is -0.553. The van der Waals surface area contributed by atoms with Crippen molar-refractivity contribution in [2.24, 2.45) is 0 Å². The number of carbonyl (C=O) groups is 1. The number of rotatable bonds is 3. The number of ketones is 1. The summed E-state index contributed by atoms with van der Waals surface area (Å²) < 4.78 is 5.43. The number of aromatic hydroxyl groups is 4. The molecule has 5 N–H and O–H groups in total. The van der Waals surface area contributed by atoms with Crippen molar-refractivity contribution in [1.82, 2.24) is 0 Å². The average molecular weight is 343 g/mol. The van der Waals surface area contributed by atoms with Gasteiger partial charge >= 0.3 is 0 Å². The summed E-state index contributed by atoms with van der Waals surface area (Å²) in [5.41, 5.74) is 0.880. The molecule has 7 nitrogen and oxygen atoms in total. The second-order valence-electron chi connectivity index (χ2n) is 5.92. The molecule has 130 valence electrons. The lowest BCUT2D eigenvalue weighted by Crippen LogP contribution is -2.06.